The third kappa shape index (κ3) is 2.20. The maximum absolute atomic E-state index is 11.7. The molecule has 80 valence electrons. The van der Waals surface area contributed by atoms with E-state index in [2.05, 4.69) is 0 Å². The Labute approximate surface area is 87.7 Å². The molecule has 0 saturated carbocycles. The maximum atomic E-state index is 11.7. The molecule has 1 rings (SSSR count). The molecule has 0 radical (unpaired) electrons. The molecule has 5 heteroatoms. The Bertz CT molecular complexity index is 244. The highest BCUT2D eigenvalue weighted by Gasteiger charge is 2.35. The van der Waals surface area contributed by atoms with Gasteiger partial charge in [0.25, 0.3) is 0 Å². The number of aliphatic carboxylic acids is 1. The van der Waals surface area contributed by atoms with Crippen LogP contribution in [0.1, 0.15) is 19.8 Å². The molecule has 0 aromatic carbocycles. The molecule has 0 aromatic rings. The summed E-state index contributed by atoms with van der Waals surface area (Å²) < 4.78 is 0. The summed E-state index contributed by atoms with van der Waals surface area (Å²) >= 11 is 1.45. The van der Waals surface area contributed by atoms with Crippen molar-refractivity contribution in [2.24, 2.45) is 0 Å². The minimum absolute atomic E-state index is 0.0533. The monoisotopic (exact) mass is 217 g/mol. The van der Waals surface area contributed by atoms with Gasteiger partial charge in [-0.2, -0.15) is 11.8 Å². The zero-order chi connectivity index (χ0) is 10.7. The quantitative estimate of drug-likeness (QED) is 0.760. The molecule has 1 fully saturated rings. The summed E-state index contributed by atoms with van der Waals surface area (Å²) in [6.07, 6.45) is 3.24. The fourth-order valence-corrected chi connectivity index (χ4v) is 1.96. The van der Waals surface area contributed by atoms with Crippen LogP contribution >= 0.6 is 11.8 Å². The van der Waals surface area contributed by atoms with Crippen molar-refractivity contribution in [3.8, 4) is 0 Å². The van der Waals surface area contributed by atoms with Gasteiger partial charge < -0.3 is 10.0 Å². The highest BCUT2D eigenvalue weighted by Crippen LogP contribution is 2.21. The van der Waals surface area contributed by atoms with Gasteiger partial charge in [-0.15, -0.1) is 0 Å². The average Bonchev–Trinajstić information content (AvgIpc) is 2.63. The minimum Gasteiger partial charge on any atom is -0.480 e. The van der Waals surface area contributed by atoms with E-state index < -0.39 is 12.0 Å². The van der Waals surface area contributed by atoms with Gasteiger partial charge in [-0.3, -0.25) is 4.79 Å². The Hall–Kier alpha value is -0.710. The Kier molecular flexibility index (Phi) is 3.80. The van der Waals surface area contributed by atoms with Gasteiger partial charge in [0, 0.05) is 6.54 Å². The molecular formula is C9H15NO3S. The van der Waals surface area contributed by atoms with Crippen molar-refractivity contribution in [1.82, 2.24) is 4.90 Å². The smallest absolute Gasteiger partial charge is 0.326 e. The molecule has 1 N–H and O–H groups in total. The first-order valence-electron chi connectivity index (χ1n) is 4.64. The lowest BCUT2D eigenvalue weighted by atomic mass is 10.2. The number of likely N-dealkylation sites (tertiary alicyclic amines) is 1. The molecule has 1 aliphatic rings. The molecule has 0 bridgehead atoms. The van der Waals surface area contributed by atoms with Gasteiger partial charge in [0.05, 0.1) is 5.25 Å². The van der Waals surface area contributed by atoms with Crippen LogP contribution in [0.15, 0.2) is 0 Å². The third-order valence-electron chi connectivity index (χ3n) is 2.52. The van der Waals surface area contributed by atoms with Crippen molar-refractivity contribution in [2.75, 3.05) is 12.8 Å². The number of hydrogen-bond acceptors (Lipinski definition) is 3. The molecule has 1 saturated heterocycles. The minimum atomic E-state index is -0.885. The topological polar surface area (TPSA) is 57.6 Å². The van der Waals surface area contributed by atoms with E-state index in [1.165, 1.54) is 16.7 Å². The molecule has 1 amide bonds. The predicted molar refractivity (Wildman–Crippen MR) is 55.3 cm³/mol. The number of rotatable bonds is 3. The molecule has 2 unspecified atom stereocenters. The van der Waals surface area contributed by atoms with Crippen LogP contribution in [0.2, 0.25) is 0 Å². The Morgan fingerprint density at radius 2 is 2.21 bits per heavy atom. The van der Waals surface area contributed by atoms with E-state index in [0.29, 0.717) is 13.0 Å². The van der Waals surface area contributed by atoms with E-state index in [0.717, 1.165) is 6.42 Å². The maximum Gasteiger partial charge on any atom is 0.326 e. The van der Waals surface area contributed by atoms with Gasteiger partial charge in [0.2, 0.25) is 5.91 Å². The second-order valence-corrected chi connectivity index (χ2v) is 4.58. The lowest BCUT2D eigenvalue weighted by Crippen LogP contribution is -2.43. The van der Waals surface area contributed by atoms with Crippen LogP contribution in [0.25, 0.3) is 0 Å². The Morgan fingerprint density at radius 3 is 2.71 bits per heavy atom. The van der Waals surface area contributed by atoms with E-state index in [4.69, 9.17) is 5.11 Å². The van der Waals surface area contributed by atoms with E-state index in [1.807, 2.05) is 13.2 Å². The fourth-order valence-electron chi connectivity index (χ4n) is 1.62. The van der Waals surface area contributed by atoms with Crippen molar-refractivity contribution >= 4 is 23.6 Å². The summed E-state index contributed by atoms with van der Waals surface area (Å²) in [5.74, 6) is -0.938. The molecule has 0 aliphatic carbocycles. The molecule has 2 atom stereocenters. The highest BCUT2D eigenvalue weighted by atomic mass is 32.2. The summed E-state index contributed by atoms with van der Waals surface area (Å²) in [6.45, 7) is 2.39. The number of carbonyl (C=O) groups excluding carboxylic acids is 1. The number of amides is 1. The van der Waals surface area contributed by atoms with E-state index in [-0.39, 0.29) is 11.2 Å². The lowest BCUT2D eigenvalue weighted by Gasteiger charge is -2.23. The SMILES string of the molecule is CSC(C)C(=O)N1CCCC1C(=O)O. The third-order valence-corrected chi connectivity index (χ3v) is 3.43. The molecule has 14 heavy (non-hydrogen) atoms. The van der Waals surface area contributed by atoms with Gasteiger partial charge in [0.1, 0.15) is 6.04 Å². The lowest BCUT2D eigenvalue weighted by molar-refractivity contribution is -0.147. The summed E-state index contributed by atoms with van der Waals surface area (Å²) in [5, 5.41) is 8.74. The molecule has 4 nitrogen and oxygen atoms in total. The van der Waals surface area contributed by atoms with Crippen LogP contribution in [0.3, 0.4) is 0 Å². The number of hydrogen-bond donors (Lipinski definition) is 1. The largest absolute Gasteiger partial charge is 0.480 e. The molecular weight excluding hydrogens is 202 g/mol. The van der Waals surface area contributed by atoms with Crippen LogP contribution in [-0.2, 0) is 9.59 Å². The number of carboxylic acid groups (broad SMARTS) is 1. The zero-order valence-corrected chi connectivity index (χ0v) is 9.21. The molecule has 1 heterocycles. The molecule has 0 aromatic heterocycles. The van der Waals surface area contributed by atoms with Crippen molar-refractivity contribution in [2.45, 2.75) is 31.1 Å². The number of carboxylic acids is 1. The number of carbonyl (C=O) groups is 2. The van der Waals surface area contributed by atoms with Crippen molar-refractivity contribution < 1.29 is 14.7 Å². The summed E-state index contributed by atoms with van der Waals surface area (Å²) in [5.41, 5.74) is 0. The van der Waals surface area contributed by atoms with Crippen LogP contribution in [-0.4, -0.2) is 46.0 Å². The second-order valence-electron chi connectivity index (χ2n) is 3.41. The first-order chi connectivity index (χ1) is 6.57. The van der Waals surface area contributed by atoms with Crippen molar-refractivity contribution in [1.29, 1.82) is 0 Å². The number of thioether (sulfide) groups is 1. The van der Waals surface area contributed by atoms with Crippen LogP contribution in [0.5, 0.6) is 0 Å². The predicted octanol–water partition coefficient (Wildman–Crippen LogP) is 0.813. The van der Waals surface area contributed by atoms with Gasteiger partial charge in [-0.25, -0.2) is 4.79 Å². The van der Waals surface area contributed by atoms with Crippen LogP contribution in [0, 0.1) is 0 Å². The summed E-state index contributed by atoms with van der Waals surface area (Å²) in [4.78, 5) is 24.0. The standard InChI is InChI=1S/C9H15NO3S/c1-6(14-2)8(11)10-5-3-4-7(10)9(12)13/h6-7H,3-5H2,1-2H3,(H,12,13). The first kappa shape index (κ1) is 11.4. The average molecular weight is 217 g/mol. The summed E-state index contributed by atoms with van der Waals surface area (Å²) in [7, 11) is 0. The number of nitrogens with zero attached hydrogens (tertiary/aromatic N) is 1. The Balaban J connectivity index is 2.67. The van der Waals surface area contributed by atoms with Crippen molar-refractivity contribution in [3.63, 3.8) is 0 Å². The van der Waals surface area contributed by atoms with Gasteiger partial charge in [0.15, 0.2) is 0 Å². The second kappa shape index (κ2) is 4.68. The fraction of sp³-hybridized carbons (Fsp3) is 0.778. The normalized spacial score (nSPS) is 23.6. The van der Waals surface area contributed by atoms with E-state index in [9.17, 15) is 9.59 Å². The van der Waals surface area contributed by atoms with Crippen LogP contribution in [0.4, 0.5) is 0 Å². The van der Waals surface area contributed by atoms with Crippen LogP contribution < -0.4 is 0 Å². The van der Waals surface area contributed by atoms with Crippen molar-refractivity contribution in [3.05, 3.63) is 0 Å². The summed E-state index contributed by atoms with van der Waals surface area (Å²) in [6, 6.07) is -0.600. The van der Waals surface area contributed by atoms with E-state index >= 15 is 0 Å². The Morgan fingerprint density at radius 1 is 1.57 bits per heavy atom. The van der Waals surface area contributed by atoms with Gasteiger partial charge >= 0.3 is 5.97 Å². The highest BCUT2D eigenvalue weighted by molar-refractivity contribution is 7.99. The van der Waals surface area contributed by atoms with Gasteiger partial charge in [-0.1, -0.05) is 0 Å². The van der Waals surface area contributed by atoms with E-state index in [1.54, 1.807) is 0 Å². The zero-order valence-electron chi connectivity index (χ0n) is 8.40. The molecule has 1 aliphatic heterocycles. The molecule has 0 spiro atoms. The first-order valence-corrected chi connectivity index (χ1v) is 5.92. The van der Waals surface area contributed by atoms with Gasteiger partial charge in [-0.05, 0) is 26.0 Å².